The van der Waals surface area contributed by atoms with Crippen molar-refractivity contribution in [2.75, 3.05) is 7.11 Å². The number of rotatable bonds is 3. The molecule has 0 spiro atoms. The number of halogens is 2. The minimum atomic E-state index is -0.744. The molecule has 0 unspecified atom stereocenters. The third-order valence-electron chi connectivity index (χ3n) is 5.35. The van der Waals surface area contributed by atoms with Crippen LogP contribution in [0.5, 0.6) is 11.5 Å². The van der Waals surface area contributed by atoms with E-state index in [2.05, 4.69) is 0 Å². The molecule has 2 aliphatic heterocycles. The summed E-state index contributed by atoms with van der Waals surface area (Å²) in [6, 6.07) is 20.2. The van der Waals surface area contributed by atoms with Crippen molar-refractivity contribution in [3.8, 4) is 11.5 Å². The van der Waals surface area contributed by atoms with Gasteiger partial charge >= 0.3 is 0 Å². The van der Waals surface area contributed by atoms with Gasteiger partial charge in [0.15, 0.2) is 0 Å². The average Bonchev–Trinajstić information content (AvgIpc) is 3.20. The van der Waals surface area contributed by atoms with E-state index in [1.54, 1.807) is 19.2 Å². The molecule has 3 aromatic carbocycles. The van der Waals surface area contributed by atoms with Crippen molar-refractivity contribution in [3.05, 3.63) is 94.3 Å². The van der Waals surface area contributed by atoms with E-state index in [4.69, 9.17) is 26.2 Å². The van der Waals surface area contributed by atoms with Crippen LogP contribution in [0.1, 0.15) is 35.4 Å². The van der Waals surface area contributed by atoms with Gasteiger partial charge in [-0.15, -0.1) is 0 Å². The number of hydrogen-bond acceptors (Lipinski definition) is 4. The van der Waals surface area contributed by atoms with E-state index < -0.39 is 12.0 Å². The summed E-state index contributed by atoms with van der Waals surface area (Å²) >= 11 is 6.36. The number of nitrogens with zero attached hydrogens (tertiary/aromatic N) is 2. The Morgan fingerprint density at radius 1 is 1.10 bits per heavy atom. The molecule has 2 heterocycles. The molecule has 146 valence electrons. The Kier molecular flexibility index (Phi) is 4.40. The van der Waals surface area contributed by atoms with Crippen LogP contribution >= 0.6 is 11.6 Å². The molecule has 6 heteroatoms. The van der Waals surface area contributed by atoms with Crippen molar-refractivity contribution >= 4 is 17.3 Å². The summed E-state index contributed by atoms with van der Waals surface area (Å²) in [4.78, 5) is 0. The minimum absolute atomic E-state index is 0.0678. The molecule has 0 aliphatic carbocycles. The van der Waals surface area contributed by atoms with Crippen LogP contribution < -0.4 is 9.47 Å². The first-order valence-corrected chi connectivity index (χ1v) is 9.73. The molecule has 2 aliphatic rings. The number of hydrazone groups is 1. The SMILES string of the molecule is COc1cccc(C2=NN3[C@@H](c4c(F)cccc4Cl)Oc4ccccc4[C@@H]3C2)c1. The lowest BCUT2D eigenvalue weighted by Gasteiger charge is -2.38. The van der Waals surface area contributed by atoms with Gasteiger partial charge in [0.25, 0.3) is 0 Å². The van der Waals surface area contributed by atoms with Crippen molar-refractivity contribution in [2.24, 2.45) is 5.10 Å². The quantitative estimate of drug-likeness (QED) is 0.555. The predicted octanol–water partition coefficient (Wildman–Crippen LogP) is 5.73. The topological polar surface area (TPSA) is 34.1 Å². The number of hydrogen-bond donors (Lipinski definition) is 0. The van der Waals surface area contributed by atoms with Gasteiger partial charge in [0, 0.05) is 17.5 Å². The summed E-state index contributed by atoms with van der Waals surface area (Å²) in [7, 11) is 1.64. The molecule has 4 nitrogen and oxygen atoms in total. The minimum Gasteiger partial charge on any atom is -0.497 e. The second-order valence-corrected chi connectivity index (χ2v) is 7.43. The van der Waals surface area contributed by atoms with E-state index in [-0.39, 0.29) is 6.04 Å². The standard InChI is InChI=1S/C23H18ClFN2O2/c1-28-15-7-4-6-14(12-15)19-13-20-16-8-2-3-11-21(16)29-23(27(20)26-19)22-17(24)9-5-10-18(22)25/h2-12,20,23H,13H2,1H3/t20-,23+/m0/s1. The van der Waals surface area contributed by atoms with Gasteiger partial charge in [0.1, 0.15) is 17.3 Å². The van der Waals surface area contributed by atoms with Crippen LogP contribution in [0.2, 0.25) is 5.02 Å². The van der Waals surface area contributed by atoms with Gasteiger partial charge in [-0.2, -0.15) is 5.10 Å². The van der Waals surface area contributed by atoms with Crippen LogP contribution in [0.15, 0.2) is 71.8 Å². The summed E-state index contributed by atoms with van der Waals surface area (Å²) in [6.45, 7) is 0. The lowest BCUT2D eigenvalue weighted by molar-refractivity contribution is -0.0211. The third kappa shape index (κ3) is 3.02. The van der Waals surface area contributed by atoms with Crippen LogP contribution in [-0.2, 0) is 0 Å². The molecule has 0 amide bonds. The number of benzene rings is 3. The molecule has 0 fully saturated rings. The highest BCUT2D eigenvalue weighted by atomic mass is 35.5. The first-order chi connectivity index (χ1) is 14.2. The summed E-state index contributed by atoms with van der Waals surface area (Å²) < 4.78 is 26.3. The Balaban J connectivity index is 1.63. The first-order valence-electron chi connectivity index (χ1n) is 9.35. The lowest BCUT2D eigenvalue weighted by Crippen LogP contribution is -2.34. The molecule has 0 saturated carbocycles. The summed E-state index contributed by atoms with van der Waals surface area (Å²) in [5.74, 6) is 1.08. The number of para-hydroxylation sites is 1. The maximum atomic E-state index is 14.7. The third-order valence-corrected chi connectivity index (χ3v) is 5.68. The normalized spacial score (nSPS) is 19.8. The molecule has 0 N–H and O–H groups in total. The molecule has 0 radical (unpaired) electrons. The van der Waals surface area contributed by atoms with E-state index in [1.165, 1.54) is 6.07 Å². The second-order valence-electron chi connectivity index (χ2n) is 7.02. The van der Waals surface area contributed by atoms with Crippen molar-refractivity contribution in [1.82, 2.24) is 5.01 Å². The van der Waals surface area contributed by atoms with Gasteiger partial charge < -0.3 is 9.47 Å². The molecule has 29 heavy (non-hydrogen) atoms. The monoisotopic (exact) mass is 408 g/mol. The van der Waals surface area contributed by atoms with Gasteiger partial charge in [0.05, 0.1) is 29.4 Å². The smallest absolute Gasteiger partial charge is 0.218 e. The van der Waals surface area contributed by atoms with Gasteiger partial charge in [0.2, 0.25) is 6.23 Å². The fourth-order valence-corrected chi connectivity index (χ4v) is 4.20. The van der Waals surface area contributed by atoms with Crippen LogP contribution in [0.3, 0.4) is 0 Å². The van der Waals surface area contributed by atoms with E-state index in [1.807, 2.05) is 53.5 Å². The van der Waals surface area contributed by atoms with Crippen LogP contribution in [-0.4, -0.2) is 17.8 Å². The molecule has 5 rings (SSSR count). The Morgan fingerprint density at radius 2 is 1.93 bits per heavy atom. The summed E-state index contributed by atoms with van der Waals surface area (Å²) in [5, 5.41) is 6.98. The lowest BCUT2D eigenvalue weighted by atomic mass is 9.96. The van der Waals surface area contributed by atoms with Crippen LogP contribution in [0.25, 0.3) is 0 Å². The number of methoxy groups -OCH3 is 1. The van der Waals surface area contributed by atoms with Gasteiger partial charge in [-0.25, -0.2) is 9.40 Å². The summed E-state index contributed by atoms with van der Waals surface area (Å²) in [6.07, 6.45) is -0.0671. The zero-order valence-electron chi connectivity index (χ0n) is 15.7. The fraction of sp³-hybridized carbons (Fsp3) is 0.174. The van der Waals surface area contributed by atoms with Gasteiger partial charge in [-0.3, -0.25) is 0 Å². The Morgan fingerprint density at radius 3 is 2.76 bits per heavy atom. The van der Waals surface area contributed by atoms with Crippen LogP contribution in [0.4, 0.5) is 4.39 Å². The Bertz CT molecular complexity index is 1100. The van der Waals surface area contributed by atoms with Crippen molar-refractivity contribution in [2.45, 2.75) is 18.7 Å². The maximum Gasteiger partial charge on any atom is 0.218 e. The maximum absolute atomic E-state index is 14.7. The van der Waals surface area contributed by atoms with Crippen LogP contribution in [0, 0.1) is 5.82 Å². The molecule has 0 aromatic heterocycles. The zero-order chi connectivity index (χ0) is 20.0. The van der Waals surface area contributed by atoms with E-state index in [9.17, 15) is 4.39 Å². The second kappa shape index (κ2) is 7.08. The number of ether oxygens (including phenoxy) is 2. The average molecular weight is 409 g/mol. The van der Waals surface area contributed by atoms with Crippen molar-refractivity contribution in [1.29, 1.82) is 0 Å². The van der Waals surface area contributed by atoms with E-state index in [0.717, 1.165) is 28.3 Å². The van der Waals surface area contributed by atoms with E-state index >= 15 is 0 Å². The van der Waals surface area contributed by atoms with Crippen molar-refractivity contribution < 1.29 is 13.9 Å². The van der Waals surface area contributed by atoms with Gasteiger partial charge in [-0.1, -0.05) is 48.0 Å². The number of fused-ring (bicyclic) bond motifs is 3. The molecule has 0 saturated heterocycles. The fourth-order valence-electron chi connectivity index (χ4n) is 3.95. The highest BCUT2D eigenvalue weighted by molar-refractivity contribution is 6.31. The molecule has 3 aromatic rings. The highest BCUT2D eigenvalue weighted by Gasteiger charge is 2.42. The molecule has 0 bridgehead atoms. The first kappa shape index (κ1) is 18.0. The summed E-state index contributed by atoms with van der Waals surface area (Å²) in [5.41, 5.74) is 3.18. The van der Waals surface area contributed by atoms with E-state index in [0.29, 0.717) is 17.0 Å². The largest absolute Gasteiger partial charge is 0.497 e. The van der Waals surface area contributed by atoms with Crippen molar-refractivity contribution in [3.63, 3.8) is 0 Å². The Labute approximate surface area is 173 Å². The zero-order valence-corrected chi connectivity index (χ0v) is 16.4. The highest BCUT2D eigenvalue weighted by Crippen LogP contribution is 2.48. The molecular weight excluding hydrogens is 391 g/mol. The van der Waals surface area contributed by atoms with Gasteiger partial charge in [-0.05, 0) is 30.3 Å². The predicted molar refractivity (Wildman–Crippen MR) is 110 cm³/mol. The molecule has 2 atom stereocenters. The molecular formula is C23H18ClFN2O2. The Hall–Kier alpha value is -3.05.